The third-order valence-corrected chi connectivity index (χ3v) is 4.20. The Labute approximate surface area is 141 Å². The molecule has 130 valence electrons. The van der Waals surface area contributed by atoms with E-state index in [0.29, 0.717) is 11.3 Å². The fourth-order valence-corrected chi connectivity index (χ4v) is 2.52. The number of nitrogens with one attached hydrogen (secondary N) is 1. The smallest absolute Gasteiger partial charge is 0.328 e. The zero-order valence-electron chi connectivity index (χ0n) is 14.4. The summed E-state index contributed by atoms with van der Waals surface area (Å²) < 4.78 is 15.4. The van der Waals surface area contributed by atoms with Crippen molar-refractivity contribution in [3.63, 3.8) is 0 Å². The molecule has 0 saturated carbocycles. The van der Waals surface area contributed by atoms with E-state index in [-0.39, 0.29) is 18.2 Å². The first-order valence-electron chi connectivity index (χ1n) is 7.91. The summed E-state index contributed by atoms with van der Waals surface area (Å²) in [6.07, 6.45) is 2.44. The quantitative estimate of drug-likeness (QED) is 0.788. The van der Waals surface area contributed by atoms with Gasteiger partial charge in [0, 0.05) is 17.0 Å². The van der Waals surface area contributed by atoms with Crippen LogP contribution in [0, 0.1) is 5.92 Å². The van der Waals surface area contributed by atoms with Gasteiger partial charge in [-0.3, -0.25) is 4.79 Å². The van der Waals surface area contributed by atoms with Gasteiger partial charge in [-0.25, -0.2) is 4.79 Å². The van der Waals surface area contributed by atoms with Gasteiger partial charge in [0.1, 0.15) is 17.4 Å². The summed E-state index contributed by atoms with van der Waals surface area (Å²) >= 11 is 0. The van der Waals surface area contributed by atoms with Crippen LogP contribution in [0.1, 0.15) is 25.8 Å². The Kier molecular flexibility index (Phi) is 5.84. The van der Waals surface area contributed by atoms with Gasteiger partial charge in [-0.1, -0.05) is 20.3 Å². The van der Waals surface area contributed by atoms with Crippen LogP contribution in [-0.2, 0) is 20.7 Å². The average Bonchev–Trinajstić information content (AvgIpc) is 3.00. The van der Waals surface area contributed by atoms with E-state index < -0.39 is 12.0 Å². The molecule has 6 nitrogen and oxygen atoms in total. The number of ether oxygens (including phenoxy) is 2. The van der Waals surface area contributed by atoms with Crippen molar-refractivity contribution in [3.8, 4) is 5.75 Å². The third-order valence-electron chi connectivity index (χ3n) is 4.20. The molecule has 6 heteroatoms. The zero-order valence-corrected chi connectivity index (χ0v) is 14.4. The highest BCUT2D eigenvalue weighted by Gasteiger charge is 2.26. The molecule has 2 rings (SSSR count). The number of carbonyl (C=O) groups excluding carboxylic acids is 2. The Hall–Kier alpha value is -2.50. The Morgan fingerprint density at radius 2 is 2.04 bits per heavy atom. The minimum atomic E-state index is -0.647. The number of benzene rings is 1. The second-order valence-corrected chi connectivity index (χ2v) is 5.75. The summed E-state index contributed by atoms with van der Waals surface area (Å²) in [5.41, 5.74) is 1.42. The highest BCUT2D eigenvalue weighted by Crippen LogP contribution is 2.26. The van der Waals surface area contributed by atoms with Crippen LogP contribution in [0.2, 0.25) is 0 Å². The predicted molar refractivity (Wildman–Crippen MR) is 89.9 cm³/mol. The van der Waals surface area contributed by atoms with E-state index in [1.54, 1.807) is 19.4 Å². The van der Waals surface area contributed by atoms with Crippen molar-refractivity contribution in [1.29, 1.82) is 0 Å². The zero-order chi connectivity index (χ0) is 17.7. The molecule has 0 saturated heterocycles. The van der Waals surface area contributed by atoms with Crippen molar-refractivity contribution in [2.75, 3.05) is 14.2 Å². The molecular weight excluding hydrogens is 310 g/mol. The van der Waals surface area contributed by atoms with E-state index in [9.17, 15) is 9.59 Å². The molecule has 0 radical (unpaired) electrons. The van der Waals surface area contributed by atoms with Gasteiger partial charge in [0.05, 0.1) is 26.9 Å². The molecule has 0 spiro atoms. The number of hydrogen-bond acceptors (Lipinski definition) is 5. The Morgan fingerprint density at radius 1 is 1.29 bits per heavy atom. The minimum absolute atomic E-state index is 0.00763. The number of rotatable bonds is 7. The minimum Gasteiger partial charge on any atom is -0.497 e. The molecule has 1 N–H and O–H groups in total. The first kappa shape index (κ1) is 17.8. The fourth-order valence-electron chi connectivity index (χ4n) is 2.52. The van der Waals surface area contributed by atoms with Gasteiger partial charge in [-0.15, -0.1) is 0 Å². The molecule has 2 atom stereocenters. The maximum absolute atomic E-state index is 12.3. The largest absolute Gasteiger partial charge is 0.497 e. The molecule has 1 aromatic heterocycles. The van der Waals surface area contributed by atoms with Crippen LogP contribution in [0.15, 0.2) is 28.9 Å². The molecule has 1 aromatic carbocycles. The lowest BCUT2D eigenvalue weighted by molar-refractivity contribution is -0.146. The monoisotopic (exact) mass is 333 g/mol. The molecule has 1 amide bonds. The lowest BCUT2D eigenvalue weighted by atomic mass is 9.99. The van der Waals surface area contributed by atoms with Crippen LogP contribution in [0.5, 0.6) is 5.75 Å². The molecule has 0 aliphatic heterocycles. The summed E-state index contributed by atoms with van der Waals surface area (Å²) in [6, 6.07) is 4.79. The molecular formula is C18H23NO5. The Morgan fingerprint density at radius 3 is 2.67 bits per heavy atom. The van der Waals surface area contributed by atoms with Gasteiger partial charge in [0.2, 0.25) is 5.91 Å². The second-order valence-electron chi connectivity index (χ2n) is 5.75. The molecule has 0 fully saturated rings. The number of amides is 1. The molecule has 2 aromatic rings. The van der Waals surface area contributed by atoms with Gasteiger partial charge in [-0.2, -0.15) is 0 Å². The SMILES string of the molecule is CCC(C)C(NC(=O)Cc1coc2cc(OC)ccc12)C(=O)OC. The molecule has 0 bridgehead atoms. The van der Waals surface area contributed by atoms with E-state index in [1.165, 1.54) is 7.11 Å². The number of esters is 1. The van der Waals surface area contributed by atoms with Crippen molar-refractivity contribution in [1.82, 2.24) is 5.32 Å². The van der Waals surface area contributed by atoms with E-state index in [4.69, 9.17) is 13.9 Å². The predicted octanol–water partition coefficient (Wildman–Crippen LogP) is 2.69. The summed E-state index contributed by atoms with van der Waals surface area (Å²) in [7, 11) is 2.90. The van der Waals surface area contributed by atoms with Gasteiger partial charge >= 0.3 is 5.97 Å². The van der Waals surface area contributed by atoms with Crippen LogP contribution < -0.4 is 10.1 Å². The highest BCUT2D eigenvalue weighted by atomic mass is 16.5. The van der Waals surface area contributed by atoms with Crippen molar-refractivity contribution >= 4 is 22.8 Å². The van der Waals surface area contributed by atoms with E-state index in [1.807, 2.05) is 26.0 Å². The van der Waals surface area contributed by atoms with Gasteiger partial charge in [0.25, 0.3) is 0 Å². The molecule has 0 aliphatic carbocycles. The topological polar surface area (TPSA) is 77.8 Å². The van der Waals surface area contributed by atoms with Gasteiger partial charge < -0.3 is 19.2 Å². The van der Waals surface area contributed by atoms with Crippen LogP contribution in [0.3, 0.4) is 0 Å². The maximum atomic E-state index is 12.3. The number of hydrogen-bond donors (Lipinski definition) is 1. The standard InChI is InChI=1S/C18H23NO5/c1-5-11(2)17(18(21)23-4)19-16(20)8-12-10-24-15-9-13(22-3)6-7-14(12)15/h6-7,9-11,17H,5,8H2,1-4H3,(H,19,20). The summed E-state index contributed by atoms with van der Waals surface area (Å²) in [5, 5.41) is 3.62. The number of methoxy groups -OCH3 is 2. The Balaban J connectivity index is 2.12. The molecule has 1 heterocycles. The number of furan rings is 1. The van der Waals surface area contributed by atoms with Crippen LogP contribution in [0.4, 0.5) is 0 Å². The number of fused-ring (bicyclic) bond motifs is 1. The van der Waals surface area contributed by atoms with Crippen LogP contribution in [0.25, 0.3) is 11.0 Å². The van der Waals surface area contributed by atoms with E-state index in [0.717, 1.165) is 17.4 Å². The van der Waals surface area contributed by atoms with Crippen molar-refractivity contribution < 1.29 is 23.5 Å². The lowest BCUT2D eigenvalue weighted by Crippen LogP contribution is -2.46. The van der Waals surface area contributed by atoms with Gasteiger partial charge in [-0.05, 0) is 18.1 Å². The van der Waals surface area contributed by atoms with Gasteiger partial charge in [0.15, 0.2) is 0 Å². The maximum Gasteiger partial charge on any atom is 0.328 e. The molecule has 24 heavy (non-hydrogen) atoms. The first-order valence-corrected chi connectivity index (χ1v) is 7.91. The normalized spacial score (nSPS) is 13.3. The summed E-state index contributed by atoms with van der Waals surface area (Å²) in [4.78, 5) is 24.2. The molecule has 2 unspecified atom stereocenters. The summed E-state index contributed by atoms with van der Waals surface area (Å²) in [6.45, 7) is 3.87. The molecule has 0 aliphatic rings. The summed E-state index contributed by atoms with van der Waals surface area (Å²) in [5.74, 6) is 0.00541. The highest BCUT2D eigenvalue weighted by molar-refractivity contribution is 5.90. The lowest BCUT2D eigenvalue weighted by Gasteiger charge is -2.21. The van der Waals surface area contributed by atoms with E-state index >= 15 is 0 Å². The second kappa shape index (κ2) is 7.86. The van der Waals surface area contributed by atoms with Crippen LogP contribution in [-0.4, -0.2) is 32.1 Å². The van der Waals surface area contributed by atoms with Crippen molar-refractivity contribution in [2.45, 2.75) is 32.7 Å². The van der Waals surface area contributed by atoms with Crippen molar-refractivity contribution in [2.24, 2.45) is 5.92 Å². The Bertz CT molecular complexity index is 721. The van der Waals surface area contributed by atoms with Crippen LogP contribution >= 0.6 is 0 Å². The number of carbonyl (C=O) groups is 2. The van der Waals surface area contributed by atoms with E-state index in [2.05, 4.69) is 5.32 Å². The first-order chi connectivity index (χ1) is 11.5. The fraction of sp³-hybridized carbons (Fsp3) is 0.444. The average molecular weight is 333 g/mol. The van der Waals surface area contributed by atoms with Crippen molar-refractivity contribution in [3.05, 3.63) is 30.0 Å². The third kappa shape index (κ3) is 3.88.